The monoisotopic (exact) mass is 283 g/mol. The van der Waals surface area contributed by atoms with Crippen molar-refractivity contribution in [3.8, 4) is 0 Å². The summed E-state index contributed by atoms with van der Waals surface area (Å²) in [4.78, 5) is 14.2. The Morgan fingerprint density at radius 2 is 2.30 bits per heavy atom. The summed E-state index contributed by atoms with van der Waals surface area (Å²) in [6.07, 6.45) is 6.03. The molecule has 0 bridgehead atoms. The number of likely N-dealkylation sites (tertiary alicyclic amines) is 1. The first-order chi connectivity index (χ1) is 9.79. The molecule has 2 fully saturated rings. The Morgan fingerprint density at radius 1 is 1.40 bits per heavy atom. The molecule has 2 N–H and O–H groups in total. The van der Waals surface area contributed by atoms with Gasteiger partial charge in [-0.05, 0) is 51.1 Å². The molecule has 0 aromatic rings. The summed E-state index contributed by atoms with van der Waals surface area (Å²) in [5, 5.41) is 6.58. The molecule has 2 rings (SSSR count). The molecule has 1 amide bonds. The summed E-state index contributed by atoms with van der Waals surface area (Å²) in [6.45, 7) is 5.28. The van der Waals surface area contributed by atoms with E-state index in [9.17, 15) is 4.79 Å². The number of ether oxygens (including phenoxy) is 1. The largest absolute Gasteiger partial charge is 0.385 e. The molecule has 0 spiro atoms. The second-order valence-electron chi connectivity index (χ2n) is 6.04. The van der Waals surface area contributed by atoms with E-state index in [1.54, 1.807) is 7.11 Å². The average molecular weight is 283 g/mol. The zero-order chi connectivity index (χ0) is 14.2. The van der Waals surface area contributed by atoms with E-state index in [1.807, 2.05) is 0 Å². The van der Waals surface area contributed by atoms with Crippen LogP contribution in [0.2, 0.25) is 0 Å². The number of nitrogens with zero attached hydrogens (tertiary/aromatic N) is 1. The van der Waals surface area contributed by atoms with Crippen LogP contribution in [0.5, 0.6) is 0 Å². The molecule has 2 atom stereocenters. The second kappa shape index (κ2) is 8.60. The van der Waals surface area contributed by atoms with E-state index in [0.29, 0.717) is 25.7 Å². The Labute approximate surface area is 122 Å². The summed E-state index contributed by atoms with van der Waals surface area (Å²) in [7, 11) is 1.69. The molecular formula is C15H29N3O2. The third-order valence-electron chi connectivity index (χ3n) is 4.42. The lowest BCUT2D eigenvalue weighted by atomic mass is 9.90. The van der Waals surface area contributed by atoms with E-state index in [2.05, 4.69) is 15.5 Å². The highest BCUT2D eigenvalue weighted by molar-refractivity contribution is 5.77. The number of piperidine rings is 1. The maximum atomic E-state index is 11.9. The van der Waals surface area contributed by atoms with Gasteiger partial charge in [0.15, 0.2) is 0 Å². The maximum absolute atomic E-state index is 11.9. The number of hydrogen-bond acceptors (Lipinski definition) is 4. The molecular weight excluding hydrogens is 254 g/mol. The Bertz CT molecular complexity index is 293. The highest BCUT2D eigenvalue weighted by atomic mass is 16.5. The zero-order valence-corrected chi connectivity index (χ0v) is 12.7. The van der Waals surface area contributed by atoms with E-state index in [-0.39, 0.29) is 5.91 Å². The Kier molecular flexibility index (Phi) is 6.76. The smallest absolute Gasteiger partial charge is 0.234 e. The van der Waals surface area contributed by atoms with Gasteiger partial charge in [-0.2, -0.15) is 0 Å². The van der Waals surface area contributed by atoms with Gasteiger partial charge in [-0.25, -0.2) is 0 Å². The minimum Gasteiger partial charge on any atom is -0.385 e. The van der Waals surface area contributed by atoms with Crippen LogP contribution in [-0.4, -0.2) is 63.3 Å². The third kappa shape index (κ3) is 5.04. The predicted octanol–water partition coefficient (Wildman–Crippen LogP) is 0.603. The van der Waals surface area contributed by atoms with E-state index in [1.165, 1.54) is 32.2 Å². The van der Waals surface area contributed by atoms with E-state index in [0.717, 1.165) is 25.4 Å². The van der Waals surface area contributed by atoms with Crippen molar-refractivity contribution in [2.45, 2.75) is 38.1 Å². The first-order valence-corrected chi connectivity index (χ1v) is 8.01. The minimum absolute atomic E-state index is 0.154. The van der Waals surface area contributed by atoms with Crippen LogP contribution < -0.4 is 10.6 Å². The van der Waals surface area contributed by atoms with Crippen LogP contribution in [0.25, 0.3) is 0 Å². The van der Waals surface area contributed by atoms with E-state index >= 15 is 0 Å². The van der Waals surface area contributed by atoms with E-state index in [4.69, 9.17) is 4.74 Å². The van der Waals surface area contributed by atoms with Gasteiger partial charge in [-0.15, -0.1) is 0 Å². The van der Waals surface area contributed by atoms with Crippen molar-refractivity contribution in [2.24, 2.45) is 5.92 Å². The highest BCUT2D eigenvalue weighted by Crippen LogP contribution is 2.24. The van der Waals surface area contributed by atoms with Crippen molar-refractivity contribution in [2.75, 3.05) is 46.4 Å². The molecule has 2 aliphatic heterocycles. The molecule has 0 radical (unpaired) electrons. The van der Waals surface area contributed by atoms with Gasteiger partial charge in [0.25, 0.3) is 0 Å². The Hall–Kier alpha value is -0.650. The molecule has 2 unspecified atom stereocenters. The van der Waals surface area contributed by atoms with Crippen LogP contribution >= 0.6 is 0 Å². The van der Waals surface area contributed by atoms with Crippen LogP contribution in [0.3, 0.4) is 0 Å². The van der Waals surface area contributed by atoms with Crippen molar-refractivity contribution < 1.29 is 9.53 Å². The molecule has 5 heteroatoms. The summed E-state index contributed by atoms with van der Waals surface area (Å²) in [5.74, 6) is 0.883. The fourth-order valence-electron chi connectivity index (χ4n) is 3.38. The van der Waals surface area contributed by atoms with Gasteiger partial charge in [0.05, 0.1) is 6.54 Å². The van der Waals surface area contributed by atoms with Gasteiger partial charge < -0.3 is 15.4 Å². The standard InChI is InChI=1S/C15H29N3O2/c1-20-10-4-8-17-15(19)12-18-9-3-5-13(11-18)14-6-2-7-16-14/h13-14,16H,2-12H2,1H3,(H,17,19). The number of carbonyl (C=O) groups excluding carboxylic acids is 1. The second-order valence-corrected chi connectivity index (χ2v) is 6.04. The molecule has 0 aliphatic carbocycles. The number of amides is 1. The lowest BCUT2D eigenvalue weighted by Gasteiger charge is -2.35. The number of nitrogens with one attached hydrogen (secondary N) is 2. The number of hydrogen-bond donors (Lipinski definition) is 2. The fourth-order valence-corrected chi connectivity index (χ4v) is 3.38. The van der Waals surface area contributed by atoms with Crippen molar-refractivity contribution in [1.82, 2.24) is 15.5 Å². The molecule has 0 saturated carbocycles. The molecule has 2 saturated heterocycles. The van der Waals surface area contributed by atoms with Crippen LogP contribution in [0, 0.1) is 5.92 Å². The van der Waals surface area contributed by atoms with Crippen LogP contribution in [-0.2, 0) is 9.53 Å². The van der Waals surface area contributed by atoms with Crippen molar-refractivity contribution in [3.05, 3.63) is 0 Å². The number of rotatable bonds is 7. The minimum atomic E-state index is 0.154. The van der Waals surface area contributed by atoms with Gasteiger partial charge in [-0.3, -0.25) is 9.69 Å². The number of methoxy groups -OCH3 is 1. The first-order valence-electron chi connectivity index (χ1n) is 8.01. The molecule has 0 aromatic carbocycles. The van der Waals surface area contributed by atoms with Gasteiger partial charge in [0.2, 0.25) is 5.91 Å². The molecule has 2 aliphatic rings. The van der Waals surface area contributed by atoms with Crippen LogP contribution in [0.4, 0.5) is 0 Å². The van der Waals surface area contributed by atoms with Gasteiger partial charge in [0, 0.05) is 32.8 Å². The van der Waals surface area contributed by atoms with Crippen LogP contribution in [0.1, 0.15) is 32.1 Å². The lowest BCUT2D eigenvalue weighted by molar-refractivity contribution is -0.122. The van der Waals surface area contributed by atoms with Gasteiger partial charge in [-0.1, -0.05) is 0 Å². The summed E-state index contributed by atoms with van der Waals surface area (Å²) in [6, 6.07) is 0.683. The number of carbonyl (C=O) groups is 1. The third-order valence-corrected chi connectivity index (χ3v) is 4.42. The molecule has 116 valence electrons. The van der Waals surface area contributed by atoms with Crippen molar-refractivity contribution in [3.63, 3.8) is 0 Å². The molecule has 2 heterocycles. The predicted molar refractivity (Wildman–Crippen MR) is 79.7 cm³/mol. The summed E-state index contributed by atoms with van der Waals surface area (Å²) >= 11 is 0. The van der Waals surface area contributed by atoms with Gasteiger partial charge >= 0.3 is 0 Å². The average Bonchev–Trinajstić information content (AvgIpc) is 2.98. The Morgan fingerprint density at radius 3 is 3.05 bits per heavy atom. The molecule has 5 nitrogen and oxygen atoms in total. The highest BCUT2D eigenvalue weighted by Gasteiger charge is 2.29. The normalized spacial score (nSPS) is 27.6. The zero-order valence-electron chi connectivity index (χ0n) is 12.7. The Balaban J connectivity index is 1.65. The van der Waals surface area contributed by atoms with Gasteiger partial charge in [0.1, 0.15) is 0 Å². The van der Waals surface area contributed by atoms with Crippen LogP contribution in [0.15, 0.2) is 0 Å². The fraction of sp³-hybridized carbons (Fsp3) is 0.933. The maximum Gasteiger partial charge on any atom is 0.234 e. The SMILES string of the molecule is COCCCNC(=O)CN1CCCC(C2CCCN2)C1. The van der Waals surface area contributed by atoms with Crippen molar-refractivity contribution in [1.29, 1.82) is 0 Å². The summed E-state index contributed by atoms with van der Waals surface area (Å²) in [5.41, 5.74) is 0. The topological polar surface area (TPSA) is 53.6 Å². The summed E-state index contributed by atoms with van der Waals surface area (Å²) < 4.78 is 4.98. The molecule has 0 aromatic heterocycles. The quantitative estimate of drug-likeness (QED) is 0.672. The first kappa shape index (κ1) is 15.7. The lowest BCUT2D eigenvalue weighted by Crippen LogP contribution is -2.47. The van der Waals surface area contributed by atoms with E-state index < -0.39 is 0 Å². The molecule has 20 heavy (non-hydrogen) atoms. The van der Waals surface area contributed by atoms with Crippen molar-refractivity contribution >= 4 is 5.91 Å².